The predicted octanol–water partition coefficient (Wildman–Crippen LogP) is 3.82. The molecule has 0 saturated heterocycles. The van der Waals surface area contributed by atoms with Crippen molar-refractivity contribution < 1.29 is 0 Å². The Labute approximate surface area is 109 Å². The third kappa shape index (κ3) is 2.45. The first kappa shape index (κ1) is 12.8. The maximum atomic E-state index is 4.24. The third-order valence-corrected chi connectivity index (χ3v) is 3.11. The SMILES string of the molecule is CC(C)c1ccc(-c2nncn2C(C)(C)C)cc1. The Balaban J connectivity index is 2.41. The van der Waals surface area contributed by atoms with Crippen LogP contribution in [0.4, 0.5) is 0 Å². The Hall–Kier alpha value is -1.64. The summed E-state index contributed by atoms with van der Waals surface area (Å²) in [6, 6.07) is 8.59. The lowest BCUT2D eigenvalue weighted by Gasteiger charge is -2.22. The fourth-order valence-electron chi connectivity index (χ4n) is 1.94. The summed E-state index contributed by atoms with van der Waals surface area (Å²) in [6.45, 7) is 10.9. The molecule has 0 amide bonds. The van der Waals surface area contributed by atoms with E-state index < -0.39 is 0 Å². The summed E-state index contributed by atoms with van der Waals surface area (Å²) < 4.78 is 2.11. The minimum absolute atomic E-state index is 0.00441. The zero-order valence-corrected chi connectivity index (χ0v) is 11.8. The smallest absolute Gasteiger partial charge is 0.164 e. The normalized spacial score (nSPS) is 12.1. The maximum absolute atomic E-state index is 4.24. The highest BCUT2D eigenvalue weighted by Crippen LogP contribution is 2.25. The number of benzene rings is 1. The van der Waals surface area contributed by atoms with Gasteiger partial charge in [0.1, 0.15) is 6.33 Å². The van der Waals surface area contributed by atoms with Crippen molar-refractivity contribution in [3.8, 4) is 11.4 Å². The Morgan fingerprint density at radius 3 is 2.17 bits per heavy atom. The molecule has 0 spiro atoms. The van der Waals surface area contributed by atoms with Crippen molar-refractivity contribution in [2.24, 2.45) is 0 Å². The Morgan fingerprint density at radius 2 is 1.67 bits per heavy atom. The Morgan fingerprint density at radius 1 is 1.06 bits per heavy atom. The van der Waals surface area contributed by atoms with Gasteiger partial charge in [0.25, 0.3) is 0 Å². The van der Waals surface area contributed by atoms with Gasteiger partial charge in [-0.1, -0.05) is 38.1 Å². The van der Waals surface area contributed by atoms with Gasteiger partial charge in [-0.15, -0.1) is 10.2 Å². The van der Waals surface area contributed by atoms with E-state index in [0.29, 0.717) is 5.92 Å². The quantitative estimate of drug-likeness (QED) is 0.802. The zero-order valence-electron chi connectivity index (χ0n) is 11.8. The molecular formula is C15H21N3. The lowest BCUT2D eigenvalue weighted by atomic mass is 10.0. The van der Waals surface area contributed by atoms with E-state index in [9.17, 15) is 0 Å². The fourth-order valence-corrected chi connectivity index (χ4v) is 1.94. The average molecular weight is 243 g/mol. The molecule has 0 bridgehead atoms. The molecule has 2 rings (SSSR count). The Kier molecular flexibility index (Phi) is 3.24. The predicted molar refractivity (Wildman–Crippen MR) is 74.5 cm³/mol. The number of aromatic nitrogens is 3. The molecular weight excluding hydrogens is 222 g/mol. The van der Waals surface area contributed by atoms with Crippen LogP contribution in [0.15, 0.2) is 30.6 Å². The molecule has 0 aliphatic rings. The first-order valence-corrected chi connectivity index (χ1v) is 6.40. The molecule has 3 nitrogen and oxygen atoms in total. The van der Waals surface area contributed by atoms with Gasteiger partial charge in [-0.3, -0.25) is 0 Å². The summed E-state index contributed by atoms with van der Waals surface area (Å²) in [5, 5.41) is 8.28. The number of hydrogen-bond donors (Lipinski definition) is 0. The van der Waals surface area contributed by atoms with Crippen molar-refractivity contribution in [2.75, 3.05) is 0 Å². The molecule has 0 aliphatic carbocycles. The summed E-state index contributed by atoms with van der Waals surface area (Å²) in [5.41, 5.74) is 2.46. The van der Waals surface area contributed by atoms with Crippen LogP contribution >= 0.6 is 0 Å². The van der Waals surface area contributed by atoms with Gasteiger partial charge < -0.3 is 4.57 Å². The van der Waals surface area contributed by atoms with Gasteiger partial charge in [-0.25, -0.2) is 0 Å². The molecule has 1 aromatic heterocycles. The molecule has 0 atom stereocenters. The van der Waals surface area contributed by atoms with Crippen LogP contribution in [-0.2, 0) is 5.54 Å². The van der Waals surface area contributed by atoms with Crippen LogP contribution in [0.25, 0.3) is 11.4 Å². The minimum Gasteiger partial charge on any atom is -0.308 e. The molecule has 96 valence electrons. The van der Waals surface area contributed by atoms with Crippen molar-refractivity contribution in [3.05, 3.63) is 36.2 Å². The zero-order chi connectivity index (χ0) is 13.3. The molecule has 0 radical (unpaired) electrons. The number of rotatable bonds is 2. The second kappa shape index (κ2) is 4.56. The summed E-state index contributed by atoms with van der Waals surface area (Å²) in [5.74, 6) is 1.48. The van der Waals surface area contributed by atoms with Gasteiger partial charge >= 0.3 is 0 Å². The van der Waals surface area contributed by atoms with E-state index in [1.807, 2.05) is 0 Å². The number of nitrogens with zero attached hydrogens (tertiary/aromatic N) is 3. The third-order valence-electron chi connectivity index (χ3n) is 3.11. The Bertz CT molecular complexity index is 515. The van der Waals surface area contributed by atoms with Crippen molar-refractivity contribution in [3.63, 3.8) is 0 Å². The lowest BCUT2D eigenvalue weighted by molar-refractivity contribution is 0.400. The molecule has 1 aromatic carbocycles. The van der Waals surface area contributed by atoms with Crippen molar-refractivity contribution in [1.82, 2.24) is 14.8 Å². The summed E-state index contributed by atoms with van der Waals surface area (Å²) >= 11 is 0. The van der Waals surface area contributed by atoms with Gasteiger partial charge in [0, 0.05) is 11.1 Å². The fraction of sp³-hybridized carbons (Fsp3) is 0.467. The van der Waals surface area contributed by atoms with Gasteiger partial charge in [-0.05, 0) is 32.3 Å². The molecule has 0 aliphatic heterocycles. The second-order valence-electron chi connectivity index (χ2n) is 5.97. The van der Waals surface area contributed by atoms with Crippen LogP contribution in [0.3, 0.4) is 0 Å². The standard InChI is InChI=1S/C15H21N3/c1-11(2)12-6-8-13(9-7-12)14-17-16-10-18(14)15(3,4)5/h6-11H,1-5H3. The number of hydrogen-bond acceptors (Lipinski definition) is 2. The average Bonchev–Trinajstić information content (AvgIpc) is 2.77. The lowest BCUT2D eigenvalue weighted by Crippen LogP contribution is -2.21. The monoisotopic (exact) mass is 243 g/mol. The van der Waals surface area contributed by atoms with Gasteiger partial charge in [-0.2, -0.15) is 0 Å². The summed E-state index contributed by atoms with van der Waals surface area (Å²) in [7, 11) is 0. The van der Waals surface area contributed by atoms with Crippen LogP contribution in [0.2, 0.25) is 0 Å². The highest BCUT2D eigenvalue weighted by Gasteiger charge is 2.18. The molecule has 0 fully saturated rings. The van der Waals surface area contributed by atoms with Crippen LogP contribution in [0.1, 0.15) is 46.1 Å². The summed E-state index contributed by atoms with van der Waals surface area (Å²) in [4.78, 5) is 0. The molecule has 1 heterocycles. The van der Waals surface area contributed by atoms with Gasteiger partial charge in [0.2, 0.25) is 0 Å². The van der Waals surface area contributed by atoms with Crippen LogP contribution in [-0.4, -0.2) is 14.8 Å². The highest BCUT2D eigenvalue weighted by atomic mass is 15.3. The van der Waals surface area contributed by atoms with Crippen molar-refractivity contribution >= 4 is 0 Å². The first-order valence-electron chi connectivity index (χ1n) is 6.40. The minimum atomic E-state index is -0.00441. The van der Waals surface area contributed by atoms with E-state index >= 15 is 0 Å². The van der Waals surface area contributed by atoms with E-state index in [0.717, 1.165) is 11.4 Å². The first-order chi connectivity index (χ1) is 8.39. The molecule has 2 aromatic rings. The highest BCUT2D eigenvalue weighted by molar-refractivity contribution is 5.56. The maximum Gasteiger partial charge on any atom is 0.164 e. The van der Waals surface area contributed by atoms with Gasteiger partial charge in [0.15, 0.2) is 5.82 Å². The van der Waals surface area contributed by atoms with E-state index in [4.69, 9.17) is 0 Å². The van der Waals surface area contributed by atoms with E-state index in [-0.39, 0.29) is 5.54 Å². The largest absolute Gasteiger partial charge is 0.308 e. The van der Waals surface area contributed by atoms with E-state index in [2.05, 4.69) is 73.6 Å². The van der Waals surface area contributed by atoms with Gasteiger partial charge in [0.05, 0.1) is 0 Å². The van der Waals surface area contributed by atoms with E-state index in [1.165, 1.54) is 5.56 Å². The second-order valence-corrected chi connectivity index (χ2v) is 5.97. The van der Waals surface area contributed by atoms with Crippen LogP contribution in [0, 0.1) is 0 Å². The molecule has 18 heavy (non-hydrogen) atoms. The molecule has 3 heteroatoms. The van der Waals surface area contributed by atoms with Crippen molar-refractivity contribution in [1.29, 1.82) is 0 Å². The molecule has 0 saturated carbocycles. The van der Waals surface area contributed by atoms with Crippen LogP contribution < -0.4 is 0 Å². The van der Waals surface area contributed by atoms with Crippen LogP contribution in [0.5, 0.6) is 0 Å². The summed E-state index contributed by atoms with van der Waals surface area (Å²) in [6.07, 6.45) is 1.80. The topological polar surface area (TPSA) is 30.7 Å². The molecule has 0 unspecified atom stereocenters. The van der Waals surface area contributed by atoms with E-state index in [1.54, 1.807) is 6.33 Å². The molecule has 0 N–H and O–H groups in total. The van der Waals surface area contributed by atoms with Crippen molar-refractivity contribution in [2.45, 2.75) is 46.1 Å².